The number of nitrogens with zero attached hydrogens (tertiary/aromatic N) is 3. The summed E-state index contributed by atoms with van der Waals surface area (Å²) < 4.78 is 2.26. The summed E-state index contributed by atoms with van der Waals surface area (Å²) in [6.45, 7) is 6.00. The van der Waals surface area contributed by atoms with E-state index >= 15 is 0 Å². The molecule has 5 nitrogen and oxygen atoms in total. The van der Waals surface area contributed by atoms with Crippen LogP contribution in [0.3, 0.4) is 0 Å². The summed E-state index contributed by atoms with van der Waals surface area (Å²) in [5.41, 5.74) is 0. The van der Waals surface area contributed by atoms with Gasteiger partial charge in [0.25, 0.3) is 0 Å². The minimum Gasteiger partial charge on any atom is -0.335 e. The lowest BCUT2D eigenvalue weighted by Gasteiger charge is -2.34. The van der Waals surface area contributed by atoms with Gasteiger partial charge in [-0.3, -0.25) is 0 Å². The van der Waals surface area contributed by atoms with Gasteiger partial charge in [-0.2, -0.15) is 0 Å². The molecule has 1 saturated heterocycles. The number of nitrogens with one attached hydrogen (secondary N) is 1. The lowest BCUT2D eigenvalue weighted by atomic mass is 10.1. The maximum atomic E-state index is 12.4. The first kappa shape index (κ1) is 14.4. The van der Waals surface area contributed by atoms with E-state index in [1.807, 2.05) is 11.1 Å². The number of amides is 2. The number of hydrogen-bond donors (Lipinski definition) is 1. The van der Waals surface area contributed by atoms with Crippen molar-refractivity contribution in [2.75, 3.05) is 13.1 Å². The Balaban J connectivity index is 1.59. The molecule has 1 N–H and O–H groups in total. The van der Waals surface area contributed by atoms with Crippen molar-refractivity contribution in [2.24, 2.45) is 5.92 Å². The molecule has 3 atom stereocenters. The van der Waals surface area contributed by atoms with E-state index in [9.17, 15) is 4.79 Å². The molecular formula is C16H26N4O. The maximum Gasteiger partial charge on any atom is 0.317 e. The van der Waals surface area contributed by atoms with Crippen molar-refractivity contribution < 1.29 is 4.79 Å². The third kappa shape index (κ3) is 3.06. The second-order valence-electron chi connectivity index (χ2n) is 6.31. The van der Waals surface area contributed by atoms with E-state index in [1.54, 1.807) is 0 Å². The van der Waals surface area contributed by atoms with Crippen LogP contribution < -0.4 is 5.32 Å². The lowest BCUT2D eigenvalue weighted by molar-refractivity contribution is 0.165. The Labute approximate surface area is 126 Å². The van der Waals surface area contributed by atoms with E-state index in [2.05, 4.69) is 34.9 Å². The van der Waals surface area contributed by atoms with Crippen LogP contribution in [0.15, 0.2) is 12.4 Å². The van der Waals surface area contributed by atoms with Crippen LogP contribution in [-0.4, -0.2) is 39.6 Å². The molecule has 2 aliphatic rings. The second kappa shape index (κ2) is 6.08. The number of aromatic nitrogens is 2. The topological polar surface area (TPSA) is 50.2 Å². The number of carbonyl (C=O) groups is 1. The largest absolute Gasteiger partial charge is 0.335 e. The molecule has 2 heterocycles. The van der Waals surface area contributed by atoms with Crippen LogP contribution in [0.25, 0.3) is 0 Å². The number of likely N-dealkylation sites (tertiary alicyclic amines) is 1. The molecule has 1 saturated carbocycles. The lowest BCUT2D eigenvalue weighted by Crippen LogP contribution is -2.47. The number of rotatable bonds is 4. The highest BCUT2D eigenvalue weighted by Gasteiger charge is 2.38. The van der Waals surface area contributed by atoms with Crippen molar-refractivity contribution in [3.05, 3.63) is 18.2 Å². The van der Waals surface area contributed by atoms with E-state index in [-0.39, 0.29) is 6.03 Å². The third-order valence-electron chi connectivity index (χ3n) is 4.90. The normalized spacial score (nSPS) is 28.5. The Kier molecular flexibility index (Phi) is 4.17. The molecule has 3 rings (SSSR count). The molecule has 0 bridgehead atoms. The van der Waals surface area contributed by atoms with E-state index in [0.29, 0.717) is 18.0 Å². The summed E-state index contributed by atoms with van der Waals surface area (Å²) in [6.07, 6.45) is 9.39. The van der Waals surface area contributed by atoms with Gasteiger partial charge in [0, 0.05) is 37.9 Å². The van der Waals surface area contributed by atoms with Crippen LogP contribution in [0.4, 0.5) is 4.79 Å². The minimum atomic E-state index is 0.124. The summed E-state index contributed by atoms with van der Waals surface area (Å²) in [5, 5.41) is 3.18. The smallest absolute Gasteiger partial charge is 0.317 e. The number of piperidine rings is 1. The first-order chi connectivity index (χ1) is 10.2. The van der Waals surface area contributed by atoms with Gasteiger partial charge < -0.3 is 14.8 Å². The molecule has 0 aromatic carbocycles. The van der Waals surface area contributed by atoms with Gasteiger partial charge in [0.2, 0.25) is 0 Å². The molecule has 1 aromatic rings. The van der Waals surface area contributed by atoms with Crippen molar-refractivity contribution >= 4 is 6.03 Å². The first-order valence-corrected chi connectivity index (χ1v) is 8.30. The van der Waals surface area contributed by atoms with Crippen LogP contribution in [0.1, 0.15) is 51.4 Å². The zero-order valence-electron chi connectivity index (χ0n) is 13.1. The Morgan fingerprint density at radius 3 is 3.05 bits per heavy atom. The van der Waals surface area contributed by atoms with Crippen LogP contribution in [-0.2, 0) is 6.42 Å². The summed E-state index contributed by atoms with van der Waals surface area (Å²) in [5.74, 6) is 1.82. The molecule has 0 spiro atoms. The molecule has 1 aromatic heterocycles. The van der Waals surface area contributed by atoms with E-state index in [4.69, 9.17) is 0 Å². The van der Waals surface area contributed by atoms with Gasteiger partial charge in [0.1, 0.15) is 5.82 Å². The Morgan fingerprint density at radius 1 is 1.48 bits per heavy atom. The van der Waals surface area contributed by atoms with Gasteiger partial charge in [-0.05, 0) is 25.2 Å². The molecule has 1 unspecified atom stereocenters. The fraction of sp³-hybridized carbons (Fsp3) is 0.750. The molecule has 21 heavy (non-hydrogen) atoms. The van der Waals surface area contributed by atoms with Gasteiger partial charge >= 0.3 is 6.03 Å². The summed E-state index contributed by atoms with van der Waals surface area (Å²) in [6, 6.07) is 0.921. The average Bonchev–Trinajstić information content (AvgIpc) is 3.09. The standard InChI is InChI=1S/C16H26N4O/c1-3-12-10-14(12)18-16(21)19-8-5-6-13(11-19)20-9-7-17-15(20)4-2/h7,9,12-14H,3-6,8,10-11H2,1-2H3,(H,18,21)/t12-,13?,14-/m1/s1. The molecule has 0 radical (unpaired) electrons. The fourth-order valence-corrected chi connectivity index (χ4v) is 3.44. The Bertz CT molecular complexity index is 498. The maximum absolute atomic E-state index is 12.4. The van der Waals surface area contributed by atoms with Gasteiger partial charge in [-0.25, -0.2) is 9.78 Å². The van der Waals surface area contributed by atoms with Gasteiger partial charge in [0.05, 0.1) is 6.04 Å². The van der Waals surface area contributed by atoms with Crippen LogP contribution in [0.5, 0.6) is 0 Å². The van der Waals surface area contributed by atoms with Crippen molar-refractivity contribution in [1.82, 2.24) is 19.8 Å². The first-order valence-electron chi connectivity index (χ1n) is 8.30. The minimum absolute atomic E-state index is 0.124. The quantitative estimate of drug-likeness (QED) is 0.926. The van der Waals surface area contributed by atoms with Crippen molar-refractivity contribution in [3.8, 4) is 0 Å². The zero-order valence-corrected chi connectivity index (χ0v) is 13.1. The summed E-state index contributed by atoms with van der Waals surface area (Å²) >= 11 is 0. The Morgan fingerprint density at radius 2 is 2.33 bits per heavy atom. The van der Waals surface area contributed by atoms with E-state index in [1.165, 1.54) is 6.42 Å². The Hall–Kier alpha value is -1.52. The highest BCUT2D eigenvalue weighted by molar-refractivity contribution is 5.75. The van der Waals surface area contributed by atoms with Crippen molar-refractivity contribution in [3.63, 3.8) is 0 Å². The molecule has 2 amide bonds. The van der Waals surface area contributed by atoms with Crippen molar-refractivity contribution in [2.45, 2.75) is 58.0 Å². The van der Waals surface area contributed by atoms with E-state index in [0.717, 1.165) is 44.6 Å². The second-order valence-corrected chi connectivity index (χ2v) is 6.31. The molecular weight excluding hydrogens is 264 g/mol. The fourth-order valence-electron chi connectivity index (χ4n) is 3.44. The summed E-state index contributed by atoms with van der Waals surface area (Å²) in [4.78, 5) is 18.8. The van der Waals surface area contributed by atoms with Gasteiger partial charge in [0.15, 0.2) is 0 Å². The van der Waals surface area contributed by atoms with Gasteiger partial charge in [-0.1, -0.05) is 20.3 Å². The number of urea groups is 1. The van der Waals surface area contributed by atoms with Crippen LogP contribution in [0, 0.1) is 5.92 Å². The molecule has 5 heteroatoms. The highest BCUT2D eigenvalue weighted by Crippen LogP contribution is 2.33. The van der Waals surface area contributed by atoms with Crippen LogP contribution in [0.2, 0.25) is 0 Å². The average molecular weight is 290 g/mol. The zero-order chi connectivity index (χ0) is 14.8. The molecule has 1 aliphatic carbocycles. The van der Waals surface area contributed by atoms with E-state index < -0.39 is 0 Å². The predicted octanol–water partition coefficient (Wildman–Crippen LogP) is 2.59. The molecule has 1 aliphatic heterocycles. The number of hydrogen-bond acceptors (Lipinski definition) is 2. The van der Waals surface area contributed by atoms with Crippen LogP contribution >= 0.6 is 0 Å². The number of aryl methyl sites for hydroxylation is 1. The van der Waals surface area contributed by atoms with Crippen molar-refractivity contribution in [1.29, 1.82) is 0 Å². The molecule has 116 valence electrons. The SMILES string of the molecule is CCc1nccn1C1CCCN(C(=O)N[C@@H]2C[C@H]2CC)C1. The predicted molar refractivity (Wildman–Crippen MR) is 82.2 cm³/mol. The highest BCUT2D eigenvalue weighted by atomic mass is 16.2. The third-order valence-corrected chi connectivity index (χ3v) is 4.90. The summed E-state index contributed by atoms with van der Waals surface area (Å²) in [7, 11) is 0. The van der Waals surface area contributed by atoms with Gasteiger partial charge in [-0.15, -0.1) is 0 Å². The molecule has 2 fully saturated rings. The monoisotopic (exact) mass is 290 g/mol. The number of imidazole rings is 1. The number of carbonyl (C=O) groups excluding carboxylic acids is 1.